The van der Waals surface area contributed by atoms with Crippen LogP contribution >= 0.6 is 23.4 Å². The third-order valence-corrected chi connectivity index (χ3v) is 6.02. The highest BCUT2D eigenvalue weighted by Gasteiger charge is 2.33. The third-order valence-electron chi connectivity index (χ3n) is 4.75. The molecule has 1 N–H and O–H groups in total. The Morgan fingerprint density at radius 1 is 1.10 bits per heavy atom. The number of hydrogen-bond donors (Lipinski definition) is 1. The fourth-order valence-corrected chi connectivity index (χ4v) is 4.31. The molecule has 0 aliphatic carbocycles. The van der Waals surface area contributed by atoms with Crippen LogP contribution in [0.4, 0.5) is 11.4 Å². The van der Waals surface area contributed by atoms with E-state index in [0.717, 1.165) is 24.3 Å². The van der Waals surface area contributed by atoms with Gasteiger partial charge in [-0.25, -0.2) is 9.79 Å². The van der Waals surface area contributed by atoms with Gasteiger partial charge in [-0.3, -0.25) is 0 Å². The second-order valence-electron chi connectivity index (χ2n) is 6.71. The summed E-state index contributed by atoms with van der Waals surface area (Å²) in [5.74, 6) is -0.718. The predicted molar refractivity (Wildman–Crippen MR) is 130 cm³/mol. The van der Waals surface area contributed by atoms with Gasteiger partial charge in [0.2, 0.25) is 0 Å². The molecule has 2 aromatic carbocycles. The lowest BCUT2D eigenvalue weighted by Crippen LogP contribution is -2.21. The van der Waals surface area contributed by atoms with E-state index in [1.54, 1.807) is 31.2 Å². The van der Waals surface area contributed by atoms with Gasteiger partial charge in [0.15, 0.2) is 0 Å². The zero-order chi connectivity index (χ0) is 22.4. The second kappa shape index (κ2) is 10.6. The van der Waals surface area contributed by atoms with Crippen molar-refractivity contribution < 1.29 is 14.6 Å². The first-order valence-electron chi connectivity index (χ1n) is 10.2. The molecule has 0 bridgehead atoms. The predicted octanol–water partition coefficient (Wildman–Crippen LogP) is 6.38. The van der Waals surface area contributed by atoms with Crippen LogP contribution in [0.1, 0.15) is 26.3 Å². The molecule has 5 nitrogen and oxygen atoms in total. The van der Waals surface area contributed by atoms with E-state index in [1.807, 2.05) is 18.2 Å². The highest BCUT2D eigenvalue weighted by molar-refractivity contribution is 8.18. The van der Waals surface area contributed by atoms with E-state index in [-0.39, 0.29) is 17.9 Å². The number of aliphatic imine (C=N–C) groups is 1. The van der Waals surface area contributed by atoms with Crippen molar-refractivity contribution >= 4 is 51.8 Å². The van der Waals surface area contributed by atoms with E-state index < -0.39 is 5.97 Å². The number of halogens is 1. The van der Waals surface area contributed by atoms with Gasteiger partial charge in [0, 0.05) is 23.8 Å². The van der Waals surface area contributed by atoms with Crippen molar-refractivity contribution in [3.8, 4) is 0 Å². The smallest absolute Gasteiger partial charge is 0.344 e. The van der Waals surface area contributed by atoms with Crippen LogP contribution in [-0.4, -0.2) is 35.8 Å². The highest BCUT2D eigenvalue weighted by atomic mass is 35.5. The first-order chi connectivity index (χ1) is 15.0. The summed E-state index contributed by atoms with van der Waals surface area (Å²) >= 11 is 7.18. The van der Waals surface area contributed by atoms with E-state index in [2.05, 4.69) is 35.9 Å². The molecule has 2 aromatic rings. The van der Waals surface area contributed by atoms with Gasteiger partial charge in [0.05, 0.1) is 17.2 Å². The number of nitrogens with zero attached hydrogens (tertiary/aromatic N) is 2. The Bertz CT molecular complexity index is 1020. The maximum Gasteiger partial charge on any atom is 0.344 e. The van der Waals surface area contributed by atoms with Crippen molar-refractivity contribution in [2.75, 3.05) is 24.6 Å². The number of carbonyl (C=O) groups is 1. The monoisotopic (exact) mass is 456 g/mol. The maximum atomic E-state index is 12.5. The number of carbonyl (C=O) groups excluding carboxylic acids is 1. The number of rotatable bonds is 7. The Morgan fingerprint density at radius 2 is 1.74 bits per heavy atom. The van der Waals surface area contributed by atoms with Crippen molar-refractivity contribution in [2.24, 2.45) is 4.99 Å². The summed E-state index contributed by atoms with van der Waals surface area (Å²) in [6.07, 6.45) is 1.84. The van der Waals surface area contributed by atoms with Crippen LogP contribution in [0.25, 0.3) is 6.08 Å². The summed E-state index contributed by atoms with van der Waals surface area (Å²) in [4.78, 5) is 19.9. The van der Waals surface area contributed by atoms with Gasteiger partial charge in [0.1, 0.15) is 16.4 Å². The van der Waals surface area contributed by atoms with Gasteiger partial charge in [-0.15, -0.1) is 0 Å². The molecular formula is C24H25ClN2O3S. The molecule has 0 atom stereocenters. The van der Waals surface area contributed by atoms with Crippen LogP contribution in [0.5, 0.6) is 0 Å². The zero-order valence-electron chi connectivity index (χ0n) is 17.8. The van der Waals surface area contributed by atoms with Crippen LogP contribution in [-0.2, 0) is 9.53 Å². The van der Waals surface area contributed by atoms with E-state index in [9.17, 15) is 9.90 Å². The summed E-state index contributed by atoms with van der Waals surface area (Å²) in [5, 5.41) is 11.8. The van der Waals surface area contributed by atoms with E-state index in [1.165, 1.54) is 11.8 Å². The van der Waals surface area contributed by atoms with Crippen molar-refractivity contribution in [3.05, 3.63) is 75.4 Å². The fraction of sp³-hybridized carbons (Fsp3) is 0.250. The minimum Gasteiger partial charge on any atom is -0.506 e. The molecule has 7 heteroatoms. The summed E-state index contributed by atoms with van der Waals surface area (Å²) in [7, 11) is 0. The molecule has 1 heterocycles. The quantitative estimate of drug-likeness (QED) is 0.490. The average molecular weight is 457 g/mol. The molecule has 0 saturated carbocycles. The second-order valence-corrected chi connectivity index (χ2v) is 8.18. The van der Waals surface area contributed by atoms with Crippen molar-refractivity contribution in [1.29, 1.82) is 0 Å². The van der Waals surface area contributed by atoms with Crippen LogP contribution in [0.3, 0.4) is 0 Å². The lowest BCUT2D eigenvalue weighted by molar-refractivity contribution is -0.138. The SMILES string of the molecule is CCOC(=O)C1=C(O)/C(=C/c2ccc(N(CC)CC)cc2)SC1=Nc1ccc(Cl)cc1. The molecule has 3 rings (SSSR count). The van der Waals surface area contributed by atoms with Gasteiger partial charge in [-0.2, -0.15) is 0 Å². The fourth-order valence-electron chi connectivity index (χ4n) is 3.15. The first-order valence-corrected chi connectivity index (χ1v) is 11.4. The molecule has 162 valence electrons. The van der Waals surface area contributed by atoms with Crippen LogP contribution < -0.4 is 4.90 Å². The number of anilines is 1. The van der Waals surface area contributed by atoms with Gasteiger partial charge in [-0.1, -0.05) is 35.5 Å². The number of esters is 1. The minimum absolute atomic E-state index is 0.0767. The number of benzene rings is 2. The number of thioether (sulfide) groups is 1. The minimum atomic E-state index is -0.597. The van der Waals surface area contributed by atoms with Crippen molar-refractivity contribution in [2.45, 2.75) is 20.8 Å². The van der Waals surface area contributed by atoms with Crippen LogP contribution in [0.2, 0.25) is 5.02 Å². The molecule has 0 amide bonds. The molecule has 31 heavy (non-hydrogen) atoms. The maximum absolute atomic E-state index is 12.5. The summed E-state index contributed by atoms with van der Waals surface area (Å²) in [5.41, 5.74) is 2.77. The molecule has 1 aliphatic rings. The summed E-state index contributed by atoms with van der Waals surface area (Å²) in [6.45, 7) is 8.04. The largest absolute Gasteiger partial charge is 0.506 e. The van der Waals surface area contributed by atoms with Gasteiger partial charge in [0.25, 0.3) is 0 Å². The molecule has 0 fully saturated rings. The summed E-state index contributed by atoms with van der Waals surface area (Å²) in [6, 6.07) is 15.0. The topological polar surface area (TPSA) is 62.1 Å². The number of aliphatic hydroxyl groups is 1. The molecule has 0 radical (unpaired) electrons. The first kappa shape index (κ1) is 23.0. The molecular weight excluding hydrogens is 432 g/mol. The Balaban J connectivity index is 1.95. The summed E-state index contributed by atoms with van der Waals surface area (Å²) < 4.78 is 5.14. The van der Waals surface area contributed by atoms with Gasteiger partial charge >= 0.3 is 5.97 Å². The van der Waals surface area contributed by atoms with E-state index >= 15 is 0 Å². The van der Waals surface area contributed by atoms with Crippen LogP contribution in [0, 0.1) is 0 Å². The van der Waals surface area contributed by atoms with E-state index in [4.69, 9.17) is 16.3 Å². The molecule has 0 saturated heterocycles. The Morgan fingerprint density at radius 3 is 2.32 bits per heavy atom. The number of aliphatic hydroxyl groups excluding tert-OH is 1. The third kappa shape index (κ3) is 5.51. The van der Waals surface area contributed by atoms with E-state index in [0.29, 0.717) is 20.7 Å². The Kier molecular flexibility index (Phi) is 7.82. The van der Waals surface area contributed by atoms with Crippen molar-refractivity contribution in [3.63, 3.8) is 0 Å². The van der Waals surface area contributed by atoms with Crippen LogP contribution in [0.15, 0.2) is 69.8 Å². The average Bonchev–Trinajstić information content (AvgIpc) is 3.06. The van der Waals surface area contributed by atoms with Gasteiger partial charge in [-0.05, 0) is 68.8 Å². The molecule has 1 aliphatic heterocycles. The normalized spacial score (nSPS) is 16.3. The number of hydrogen-bond acceptors (Lipinski definition) is 6. The highest BCUT2D eigenvalue weighted by Crippen LogP contribution is 2.40. The lowest BCUT2D eigenvalue weighted by atomic mass is 10.1. The molecule has 0 unspecified atom stereocenters. The lowest BCUT2D eigenvalue weighted by Gasteiger charge is -2.20. The standard InChI is InChI=1S/C24H25ClN2O3S/c1-4-27(5-2)19-13-7-16(8-14-19)15-20-22(28)21(24(29)30-6-3)23(31-20)26-18-11-9-17(25)10-12-18/h7-15,28H,4-6H2,1-3H3/b20-15-,26-23?. The van der Waals surface area contributed by atoms with Gasteiger partial charge < -0.3 is 14.7 Å². The Labute approximate surface area is 192 Å². The zero-order valence-corrected chi connectivity index (χ0v) is 19.3. The van der Waals surface area contributed by atoms with Crippen molar-refractivity contribution in [1.82, 2.24) is 0 Å². The molecule has 0 spiro atoms. The Hall–Kier alpha value is -2.70. The molecule has 0 aromatic heterocycles. The number of ether oxygens (including phenoxy) is 1.